The van der Waals surface area contributed by atoms with Gasteiger partial charge in [-0.1, -0.05) is 17.3 Å². The van der Waals surface area contributed by atoms with E-state index < -0.39 is 0 Å². The maximum absolute atomic E-state index is 9.23. The number of aromatic nitrogens is 2. The molecule has 0 aliphatic heterocycles. The van der Waals surface area contributed by atoms with Gasteiger partial charge in [0.05, 0.1) is 6.10 Å². The highest BCUT2D eigenvalue weighted by atomic mass is 16.5. The van der Waals surface area contributed by atoms with Crippen molar-refractivity contribution < 1.29 is 14.4 Å². The lowest BCUT2D eigenvalue weighted by Gasteiger charge is -2.06. The minimum Gasteiger partial charge on any atom is -0.485 e. The second-order valence-electron chi connectivity index (χ2n) is 4.55. The summed E-state index contributed by atoms with van der Waals surface area (Å²) in [6.45, 7) is 3.84. The van der Waals surface area contributed by atoms with Gasteiger partial charge in [0, 0.05) is 6.92 Å². The number of aliphatic hydroxyl groups excluding tert-OH is 1. The second kappa shape index (κ2) is 6.33. The minimum absolute atomic E-state index is 0.266. The number of ether oxygens (including phenoxy) is 1. The summed E-state index contributed by atoms with van der Waals surface area (Å²) in [5.74, 6) is 1.84. The zero-order valence-corrected chi connectivity index (χ0v) is 11.2. The van der Waals surface area contributed by atoms with Gasteiger partial charge in [-0.25, -0.2) is 0 Å². The first-order valence-corrected chi connectivity index (χ1v) is 6.32. The Morgan fingerprint density at radius 1 is 1.32 bits per heavy atom. The number of nitrogens with zero attached hydrogens (tertiary/aromatic N) is 2. The Morgan fingerprint density at radius 3 is 2.63 bits per heavy atom. The monoisotopic (exact) mass is 262 g/mol. The Labute approximate surface area is 112 Å². The molecular weight excluding hydrogens is 244 g/mol. The molecule has 1 heterocycles. The fourth-order valence-electron chi connectivity index (χ4n) is 1.68. The Kier molecular flexibility index (Phi) is 4.52. The number of hydrogen-bond acceptors (Lipinski definition) is 5. The van der Waals surface area contributed by atoms with E-state index in [0.717, 1.165) is 18.6 Å². The SMILES string of the molecule is Cc1nc(COc2ccc(CCC(C)O)cc2)no1. The molecule has 2 aromatic rings. The van der Waals surface area contributed by atoms with Crippen LogP contribution in [-0.2, 0) is 13.0 Å². The standard InChI is InChI=1S/C14H18N2O3/c1-10(17)3-4-12-5-7-13(8-6-12)18-9-14-15-11(2)19-16-14/h5-8,10,17H,3-4,9H2,1-2H3. The van der Waals surface area contributed by atoms with Gasteiger partial charge < -0.3 is 14.4 Å². The fraction of sp³-hybridized carbons (Fsp3) is 0.429. The second-order valence-corrected chi connectivity index (χ2v) is 4.55. The molecule has 1 atom stereocenters. The predicted octanol–water partition coefficient (Wildman–Crippen LogP) is 2.27. The normalized spacial score (nSPS) is 12.4. The quantitative estimate of drug-likeness (QED) is 0.864. The molecule has 1 N–H and O–H groups in total. The van der Waals surface area contributed by atoms with Crippen molar-refractivity contribution in [3.63, 3.8) is 0 Å². The molecule has 102 valence electrons. The smallest absolute Gasteiger partial charge is 0.223 e. The number of benzene rings is 1. The molecule has 1 unspecified atom stereocenters. The minimum atomic E-state index is -0.266. The highest BCUT2D eigenvalue weighted by molar-refractivity contribution is 5.27. The van der Waals surface area contributed by atoms with Crippen LogP contribution in [0.1, 0.15) is 30.6 Å². The Balaban J connectivity index is 1.84. The average molecular weight is 262 g/mol. The van der Waals surface area contributed by atoms with Crippen LogP contribution < -0.4 is 4.74 Å². The largest absolute Gasteiger partial charge is 0.485 e. The number of aryl methyl sites for hydroxylation is 2. The van der Waals surface area contributed by atoms with E-state index in [1.165, 1.54) is 5.56 Å². The third kappa shape index (κ3) is 4.37. The molecule has 0 saturated carbocycles. The Morgan fingerprint density at radius 2 is 2.05 bits per heavy atom. The van der Waals surface area contributed by atoms with Crippen LogP contribution in [0.4, 0.5) is 0 Å². The third-order valence-corrected chi connectivity index (χ3v) is 2.71. The van der Waals surface area contributed by atoms with E-state index in [1.54, 1.807) is 13.8 Å². The van der Waals surface area contributed by atoms with E-state index >= 15 is 0 Å². The summed E-state index contributed by atoms with van der Waals surface area (Å²) in [5, 5.41) is 13.0. The molecule has 0 spiro atoms. The van der Waals surface area contributed by atoms with Crippen LogP contribution in [-0.4, -0.2) is 21.4 Å². The van der Waals surface area contributed by atoms with Gasteiger partial charge in [-0.05, 0) is 37.5 Å². The molecule has 0 amide bonds. The van der Waals surface area contributed by atoms with Crippen molar-refractivity contribution >= 4 is 0 Å². The Hall–Kier alpha value is -1.88. The van der Waals surface area contributed by atoms with E-state index in [1.807, 2.05) is 24.3 Å². The molecule has 0 saturated heterocycles. The van der Waals surface area contributed by atoms with Crippen LogP contribution in [0, 0.1) is 6.92 Å². The summed E-state index contributed by atoms with van der Waals surface area (Å²) in [5.41, 5.74) is 1.18. The first-order chi connectivity index (χ1) is 9.13. The highest BCUT2D eigenvalue weighted by Crippen LogP contribution is 2.15. The number of hydrogen-bond donors (Lipinski definition) is 1. The predicted molar refractivity (Wildman–Crippen MR) is 69.8 cm³/mol. The molecule has 1 aromatic heterocycles. The van der Waals surface area contributed by atoms with Crippen molar-refractivity contribution in [1.29, 1.82) is 0 Å². The van der Waals surface area contributed by atoms with E-state index in [-0.39, 0.29) is 6.10 Å². The van der Waals surface area contributed by atoms with Crippen molar-refractivity contribution in [2.75, 3.05) is 0 Å². The van der Waals surface area contributed by atoms with Gasteiger partial charge in [-0.15, -0.1) is 0 Å². The summed E-state index contributed by atoms with van der Waals surface area (Å²) < 4.78 is 10.4. The summed E-state index contributed by atoms with van der Waals surface area (Å²) >= 11 is 0. The van der Waals surface area contributed by atoms with Crippen molar-refractivity contribution in [3.8, 4) is 5.75 Å². The topological polar surface area (TPSA) is 68.4 Å². The average Bonchev–Trinajstić information content (AvgIpc) is 2.81. The maximum Gasteiger partial charge on any atom is 0.223 e. The molecule has 0 aliphatic rings. The van der Waals surface area contributed by atoms with E-state index in [9.17, 15) is 5.11 Å². The van der Waals surface area contributed by atoms with E-state index in [2.05, 4.69) is 10.1 Å². The van der Waals surface area contributed by atoms with Gasteiger partial charge in [0.1, 0.15) is 5.75 Å². The van der Waals surface area contributed by atoms with Gasteiger partial charge in [-0.2, -0.15) is 4.98 Å². The zero-order chi connectivity index (χ0) is 13.7. The van der Waals surface area contributed by atoms with Gasteiger partial charge in [0.15, 0.2) is 6.61 Å². The van der Waals surface area contributed by atoms with Crippen molar-refractivity contribution in [1.82, 2.24) is 10.1 Å². The van der Waals surface area contributed by atoms with Gasteiger partial charge in [0.2, 0.25) is 11.7 Å². The Bertz CT molecular complexity index is 506. The van der Waals surface area contributed by atoms with Crippen LogP contribution in [0.2, 0.25) is 0 Å². The molecule has 19 heavy (non-hydrogen) atoms. The summed E-state index contributed by atoms with van der Waals surface area (Å²) in [6.07, 6.45) is 1.36. The van der Waals surface area contributed by atoms with Crippen LogP contribution in [0.3, 0.4) is 0 Å². The van der Waals surface area contributed by atoms with E-state index in [0.29, 0.717) is 18.3 Å². The molecule has 0 aliphatic carbocycles. The molecular formula is C14H18N2O3. The van der Waals surface area contributed by atoms with E-state index in [4.69, 9.17) is 9.26 Å². The van der Waals surface area contributed by atoms with Crippen molar-refractivity contribution in [2.45, 2.75) is 39.4 Å². The maximum atomic E-state index is 9.23. The molecule has 2 rings (SSSR count). The van der Waals surface area contributed by atoms with Crippen LogP contribution >= 0.6 is 0 Å². The molecule has 0 radical (unpaired) electrons. The number of aliphatic hydroxyl groups is 1. The molecule has 1 aromatic carbocycles. The van der Waals surface area contributed by atoms with Crippen LogP contribution in [0.25, 0.3) is 0 Å². The summed E-state index contributed by atoms with van der Waals surface area (Å²) in [4.78, 5) is 4.06. The zero-order valence-electron chi connectivity index (χ0n) is 11.2. The van der Waals surface area contributed by atoms with Crippen molar-refractivity contribution in [2.24, 2.45) is 0 Å². The lowest BCUT2D eigenvalue weighted by Crippen LogP contribution is -2.01. The summed E-state index contributed by atoms with van der Waals surface area (Å²) in [6, 6.07) is 7.81. The van der Waals surface area contributed by atoms with Crippen molar-refractivity contribution in [3.05, 3.63) is 41.5 Å². The summed E-state index contributed by atoms with van der Waals surface area (Å²) in [7, 11) is 0. The van der Waals surface area contributed by atoms with Crippen LogP contribution in [0.5, 0.6) is 5.75 Å². The fourth-order valence-corrected chi connectivity index (χ4v) is 1.68. The first kappa shape index (κ1) is 13.5. The third-order valence-electron chi connectivity index (χ3n) is 2.71. The molecule has 5 heteroatoms. The van der Waals surface area contributed by atoms with Gasteiger partial charge in [0.25, 0.3) is 0 Å². The molecule has 0 fully saturated rings. The first-order valence-electron chi connectivity index (χ1n) is 6.32. The lowest BCUT2D eigenvalue weighted by atomic mass is 10.1. The van der Waals surface area contributed by atoms with Crippen LogP contribution in [0.15, 0.2) is 28.8 Å². The molecule has 5 nitrogen and oxygen atoms in total. The number of rotatable bonds is 6. The lowest BCUT2D eigenvalue weighted by molar-refractivity contribution is 0.185. The molecule has 0 bridgehead atoms. The highest BCUT2D eigenvalue weighted by Gasteiger charge is 2.03. The van der Waals surface area contributed by atoms with Gasteiger partial charge in [-0.3, -0.25) is 0 Å². The van der Waals surface area contributed by atoms with Gasteiger partial charge >= 0.3 is 0 Å².